The fourth-order valence-corrected chi connectivity index (χ4v) is 2.05. The molecule has 1 N–H and O–H groups in total. The second-order valence-electron chi connectivity index (χ2n) is 6.78. The van der Waals surface area contributed by atoms with Gasteiger partial charge in [-0.15, -0.1) is 0 Å². The zero-order chi connectivity index (χ0) is 13.4. The Morgan fingerprint density at radius 1 is 1.12 bits per heavy atom. The molecule has 3 nitrogen and oxygen atoms in total. The van der Waals surface area contributed by atoms with Gasteiger partial charge in [0.2, 0.25) is 0 Å². The zero-order valence-corrected chi connectivity index (χ0v) is 12.3. The molecule has 1 heterocycles. The molecule has 0 aliphatic heterocycles. The van der Waals surface area contributed by atoms with Crippen molar-refractivity contribution in [2.24, 2.45) is 0 Å². The van der Waals surface area contributed by atoms with Crippen molar-refractivity contribution in [3.63, 3.8) is 0 Å². The van der Waals surface area contributed by atoms with Gasteiger partial charge in [-0.1, -0.05) is 34.1 Å². The molecule has 0 atom stereocenters. The normalized spacial score (nSPS) is 13.1. The van der Waals surface area contributed by atoms with Gasteiger partial charge < -0.3 is 0 Å². The molecule has 0 spiro atoms. The Morgan fingerprint density at radius 2 is 1.65 bits per heavy atom. The molecule has 0 amide bonds. The van der Waals surface area contributed by atoms with Crippen molar-refractivity contribution < 1.29 is 0 Å². The summed E-state index contributed by atoms with van der Waals surface area (Å²) in [4.78, 5) is 12.4. The Kier molecular flexibility index (Phi) is 3.60. The maximum Gasteiger partial charge on any atom is 0.270 e. The first-order valence-corrected chi connectivity index (χ1v) is 6.44. The first-order chi connectivity index (χ1) is 7.59. The Hall–Kier alpha value is -0.990. The van der Waals surface area contributed by atoms with E-state index in [4.69, 9.17) is 0 Å². The Balaban J connectivity index is 3.47. The number of hydrogen-bond donors (Lipinski definition) is 1. The van der Waals surface area contributed by atoms with E-state index in [-0.39, 0.29) is 16.5 Å². The van der Waals surface area contributed by atoms with E-state index in [1.165, 1.54) is 0 Å². The van der Waals surface area contributed by atoms with Crippen LogP contribution >= 0.6 is 0 Å². The van der Waals surface area contributed by atoms with Crippen molar-refractivity contribution in [2.75, 3.05) is 0 Å². The van der Waals surface area contributed by atoms with Gasteiger partial charge in [0.05, 0.1) is 5.54 Å². The van der Waals surface area contributed by atoms with Crippen LogP contribution in [0, 0.1) is 0 Å². The first kappa shape index (κ1) is 14.1. The molecule has 0 radical (unpaired) electrons. The summed E-state index contributed by atoms with van der Waals surface area (Å²) in [5.41, 5.74) is 1.97. The van der Waals surface area contributed by atoms with E-state index in [1.807, 2.05) is 20.8 Å². The van der Waals surface area contributed by atoms with Crippen LogP contribution in [0.2, 0.25) is 0 Å². The van der Waals surface area contributed by atoms with Gasteiger partial charge in [-0.3, -0.25) is 9.89 Å². The molecule has 1 aromatic heterocycles. The summed E-state index contributed by atoms with van der Waals surface area (Å²) in [6, 6.07) is 0. The SMILES string of the molecule is CCCc1c(C(C)(C)C)[nH]n(C(C)(C)C)c1=O. The van der Waals surface area contributed by atoms with Gasteiger partial charge in [0.1, 0.15) is 0 Å². The summed E-state index contributed by atoms with van der Waals surface area (Å²) in [7, 11) is 0. The molecule has 0 aliphatic carbocycles. The lowest BCUT2D eigenvalue weighted by atomic mass is 9.88. The van der Waals surface area contributed by atoms with Gasteiger partial charge in [-0.05, 0) is 27.2 Å². The Labute approximate surface area is 104 Å². The second-order valence-corrected chi connectivity index (χ2v) is 6.78. The van der Waals surface area contributed by atoms with E-state index < -0.39 is 0 Å². The van der Waals surface area contributed by atoms with Crippen LogP contribution in [0.4, 0.5) is 0 Å². The Bertz CT molecular complexity index is 438. The third-order valence-corrected chi connectivity index (χ3v) is 2.91. The maximum absolute atomic E-state index is 12.4. The summed E-state index contributed by atoms with van der Waals surface area (Å²) in [6.45, 7) is 14.7. The second kappa shape index (κ2) is 4.35. The quantitative estimate of drug-likeness (QED) is 0.844. The minimum atomic E-state index is -0.191. The molecule has 0 aromatic carbocycles. The van der Waals surface area contributed by atoms with E-state index in [1.54, 1.807) is 4.68 Å². The highest BCUT2D eigenvalue weighted by Gasteiger charge is 2.27. The topological polar surface area (TPSA) is 37.8 Å². The van der Waals surface area contributed by atoms with Crippen LogP contribution in [0.25, 0.3) is 0 Å². The number of aromatic amines is 1. The number of nitrogens with one attached hydrogen (secondary N) is 1. The molecule has 0 saturated carbocycles. The summed E-state index contributed by atoms with van der Waals surface area (Å²) in [6.07, 6.45) is 1.85. The van der Waals surface area contributed by atoms with Crippen molar-refractivity contribution in [2.45, 2.75) is 72.3 Å². The summed E-state index contributed by atoms with van der Waals surface area (Å²) >= 11 is 0. The van der Waals surface area contributed by atoms with Crippen LogP contribution in [0.3, 0.4) is 0 Å². The molecule has 0 bridgehead atoms. The van der Waals surface area contributed by atoms with E-state index >= 15 is 0 Å². The summed E-state index contributed by atoms with van der Waals surface area (Å²) in [5, 5.41) is 3.32. The summed E-state index contributed by atoms with van der Waals surface area (Å²) in [5.74, 6) is 0. The first-order valence-electron chi connectivity index (χ1n) is 6.44. The van der Waals surface area contributed by atoms with Crippen molar-refractivity contribution in [1.29, 1.82) is 0 Å². The number of hydrogen-bond acceptors (Lipinski definition) is 1. The van der Waals surface area contributed by atoms with Gasteiger partial charge in [0, 0.05) is 16.7 Å². The van der Waals surface area contributed by atoms with Gasteiger partial charge in [-0.2, -0.15) is 0 Å². The molecular formula is C14H26N2O. The Morgan fingerprint density at radius 3 is 2.00 bits per heavy atom. The number of H-pyrrole nitrogens is 1. The molecule has 0 saturated heterocycles. The molecule has 0 fully saturated rings. The average Bonchev–Trinajstić information content (AvgIpc) is 2.43. The van der Waals surface area contributed by atoms with Gasteiger partial charge in [0.25, 0.3) is 5.56 Å². The van der Waals surface area contributed by atoms with Crippen LogP contribution < -0.4 is 5.56 Å². The highest BCUT2D eigenvalue weighted by Crippen LogP contribution is 2.24. The largest absolute Gasteiger partial charge is 0.298 e. The van der Waals surface area contributed by atoms with Crippen LogP contribution in [0.1, 0.15) is 66.1 Å². The molecule has 1 aromatic rings. The van der Waals surface area contributed by atoms with Crippen molar-refractivity contribution >= 4 is 0 Å². The van der Waals surface area contributed by atoms with Crippen LogP contribution in [-0.4, -0.2) is 9.78 Å². The fourth-order valence-electron chi connectivity index (χ4n) is 2.05. The maximum atomic E-state index is 12.4. The van der Waals surface area contributed by atoms with Crippen molar-refractivity contribution in [3.05, 3.63) is 21.6 Å². The molecular weight excluding hydrogens is 212 g/mol. The summed E-state index contributed by atoms with van der Waals surface area (Å²) < 4.78 is 1.76. The van der Waals surface area contributed by atoms with E-state index in [2.05, 4.69) is 32.8 Å². The molecule has 0 unspecified atom stereocenters. The predicted molar refractivity (Wildman–Crippen MR) is 72.7 cm³/mol. The number of aromatic nitrogens is 2. The molecule has 98 valence electrons. The smallest absolute Gasteiger partial charge is 0.270 e. The number of rotatable bonds is 2. The number of nitrogens with zero attached hydrogens (tertiary/aromatic N) is 1. The zero-order valence-electron chi connectivity index (χ0n) is 12.3. The highest BCUT2D eigenvalue weighted by molar-refractivity contribution is 5.25. The lowest BCUT2D eigenvalue weighted by molar-refractivity contribution is 0.339. The minimum Gasteiger partial charge on any atom is -0.298 e. The lowest BCUT2D eigenvalue weighted by Crippen LogP contribution is -2.33. The van der Waals surface area contributed by atoms with Crippen molar-refractivity contribution in [1.82, 2.24) is 9.78 Å². The lowest BCUT2D eigenvalue weighted by Gasteiger charge is -2.21. The molecule has 1 rings (SSSR count). The fraction of sp³-hybridized carbons (Fsp3) is 0.786. The van der Waals surface area contributed by atoms with E-state index in [9.17, 15) is 4.79 Å². The third kappa shape index (κ3) is 2.82. The standard InChI is InChI=1S/C14H26N2O/c1-8-9-10-11(13(2,3)4)15-16(12(10)17)14(5,6)7/h15H,8-9H2,1-7H3. The minimum absolute atomic E-state index is 0.0137. The molecule has 3 heteroatoms. The van der Waals surface area contributed by atoms with E-state index in [0.717, 1.165) is 24.1 Å². The van der Waals surface area contributed by atoms with Gasteiger partial charge in [0.15, 0.2) is 0 Å². The highest BCUT2D eigenvalue weighted by atomic mass is 16.1. The van der Waals surface area contributed by atoms with Crippen LogP contribution in [-0.2, 0) is 17.4 Å². The molecule has 17 heavy (non-hydrogen) atoms. The monoisotopic (exact) mass is 238 g/mol. The average molecular weight is 238 g/mol. The van der Waals surface area contributed by atoms with Crippen molar-refractivity contribution in [3.8, 4) is 0 Å². The molecule has 0 aliphatic rings. The van der Waals surface area contributed by atoms with Crippen LogP contribution in [0.15, 0.2) is 4.79 Å². The predicted octanol–water partition coefficient (Wildman–Crippen LogP) is 3.18. The third-order valence-electron chi connectivity index (χ3n) is 2.91. The van der Waals surface area contributed by atoms with E-state index in [0.29, 0.717) is 0 Å². The van der Waals surface area contributed by atoms with Gasteiger partial charge >= 0.3 is 0 Å². The van der Waals surface area contributed by atoms with Crippen LogP contribution in [0.5, 0.6) is 0 Å². The van der Waals surface area contributed by atoms with Gasteiger partial charge in [-0.25, -0.2) is 4.68 Å².